The second-order valence-electron chi connectivity index (χ2n) is 3.06. The van der Waals surface area contributed by atoms with Gasteiger partial charge in [-0.15, -0.1) is 0 Å². The van der Waals surface area contributed by atoms with Crippen LogP contribution < -0.4 is 0 Å². The molecule has 2 unspecified atom stereocenters. The van der Waals surface area contributed by atoms with Gasteiger partial charge in [0.1, 0.15) is 0 Å². The minimum atomic E-state index is 1.01. The lowest BCUT2D eigenvalue weighted by Crippen LogP contribution is -2.12. The number of piperidine rings is 1. The van der Waals surface area contributed by atoms with Gasteiger partial charge in [0.25, 0.3) is 0 Å². The molecule has 0 aromatic heterocycles. The van der Waals surface area contributed by atoms with Gasteiger partial charge in [0.05, 0.1) is 0 Å². The van der Waals surface area contributed by atoms with Crippen molar-refractivity contribution in [1.29, 1.82) is 0 Å². The SMILES string of the molecule is CC1C2CN(S)CC12. The maximum atomic E-state index is 4.26. The molecular formula is C6H11NS. The molecule has 2 aliphatic rings. The Morgan fingerprint density at radius 3 is 2.25 bits per heavy atom. The van der Waals surface area contributed by atoms with Crippen molar-refractivity contribution in [2.45, 2.75) is 6.92 Å². The molecule has 0 radical (unpaired) electrons. The normalized spacial score (nSPS) is 54.0. The summed E-state index contributed by atoms with van der Waals surface area (Å²) in [5, 5.41) is 0. The molecule has 1 saturated carbocycles. The molecule has 1 heterocycles. The summed E-state index contributed by atoms with van der Waals surface area (Å²) in [6.45, 7) is 4.81. The zero-order valence-electron chi connectivity index (χ0n) is 5.04. The summed E-state index contributed by atoms with van der Waals surface area (Å²) >= 11 is 4.26. The van der Waals surface area contributed by atoms with E-state index in [2.05, 4.69) is 24.0 Å². The minimum absolute atomic E-state index is 1.01. The number of nitrogens with zero attached hydrogens (tertiary/aromatic N) is 1. The first-order valence-electron chi connectivity index (χ1n) is 3.23. The van der Waals surface area contributed by atoms with Crippen LogP contribution in [-0.4, -0.2) is 17.4 Å². The third kappa shape index (κ3) is 0.531. The van der Waals surface area contributed by atoms with Crippen LogP contribution in [0.15, 0.2) is 0 Å². The second kappa shape index (κ2) is 1.42. The maximum absolute atomic E-state index is 4.26. The molecule has 1 aliphatic heterocycles. The molecule has 0 bridgehead atoms. The van der Waals surface area contributed by atoms with E-state index in [0.717, 1.165) is 17.8 Å². The molecular weight excluding hydrogens is 118 g/mol. The van der Waals surface area contributed by atoms with Crippen molar-refractivity contribution < 1.29 is 0 Å². The summed E-state index contributed by atoms with van der Waals surface area (Å²) in [7, 11) is 0. The van der Waals surface area contributed by atoms with E-state index in [1.807, 2.05) is 0 Å². The standard InChI is InChI=1S/C6H11NS/c1-4-5-2-7(8)3-6(4)5/h4-6,8H,2-3H2,1H3. The van der Waals surface area contributed by atoms with Crippen LogP contribution in [0.4, 0.5) is 0 Å². The zero-order chi connectivity index (χ0) is 5.72. The van der Waals surface area contributed by atoms with Gasteiger partial charge >= 0.3 is 0 Å². The Morgan fingerprint density at radius 2 is 1.88 bits per heavy atom. The highest BCUT2D eigenvalue weighted by molar-refractivity contribution is 7.77. The Balaban J connectivity index is 2.00. The van der Waals surface area contributed by atoms with Crippen molar-refractivity contribution in [3.8, 4) is 0 Å². The van der Waals surface area contributed by atoms with Gasteiger partial charge in [-0.2, -0.15) is 0 Å². The van der Waals surface area contributed by atoms with Crippen LogP contribution in [0.5, 0.6) is 0 Å². The van der Waals surface area contributed by atoms with Crippen LogP contribution in [0.3, 0.4) is 0 Å². The summed E-state index contributed by atoms with van der Waals surface area (Å²) < 4.78 is 2.13. The largest absolute Gasteiger partial charge is 0.253 e. The van der Waals surface area contributed by atoms with Crippen LogP contribution in [0.1, 0.15) is 6.92 Å². The molecule has 0 aromatic rings. The summed E-state index contributed by atoms with van der Waals surface area (Å²) in [6.07, 6.45) is 0. The fourth-order valence-electron chi connectivity index (χ4n) is 1.80. The molecule has 0 amide bonds. The number of fused-ring (bicyclic) bond motifs is 1. The quantitative estimate of drug-likeness (QED) is 0.478. The van der Waals surface area contributed by atoms with Crippen molar-refractivity contribution >= 4 is 12.8 Å². The predicted molar refractivity (Wildman–Crippen MR) is 36.7 cm³/mol. The van der Waals surface area contributed by atoms with Crippen molar-refractivity contribution in [2.75, 3.05) is 13.1 Å². The van der Waals surface area contributed by atoms with Gasteiger partial charge in [-0.05, 0) is 17.8 Å². The Hall–Kier alpha value is 0.310. The van der Waals surface area contributed by atoms with E-state index in [0.29, 0.717) is 0 Å². The lowest BCUT2D eigenvalue weighted by atomic mass is 10.3. The summed E-state index contributed by atoms with van der Waals surface area (Å²) in [4.78, 5) is 0. The van der Waals surface area contributed by atoms with E-state index in [1.165, 1.54) is 13.1 Å². The van der Waals surface area contributed by atoms with Gasteiger partial charge in [0, 0.05) is 13.1 Å². The molecule has 0 aromatic carbocycles. The van der Waals surface area contributed by atoms with E-state index >= 15 is 0 Å². The van der Waals surface area contributed by atoms with E-state index < -0.39 is 0 Å². The molecule has 46 valence electrons. The Labute approximate surface area is 55.6 Å². The molecule has 0 N–H and O–H groups in total. The third-order valence-corrected chi connectivity index (χ3v) is 2.93. The molecule has 2 heteroatoms. The fourth-order valence-corrected chi connectivity index (χ4v) is 2.18. The maximum Gasteiger partial charge on any atom is 0.0121 e. The molecule has 1 nitrogen and oxygen atoms in total. The lowest BCUT2D eigenvalue weighted by molar-refractivity contribution is 0.481. The summed E-state index contributed by atoms with van der Waals surface area (Å²) in [5.74, 6) is 3.03. The third-order valence-electron chi connectivity index (χ3n) is 2.60. The zero-order valence-corrected chi connectivity index (χ0v) is 5.94. The first kappa shape index (κ1) is 5.12. The van der Waals surface area contributed by atoms with Crippen LogP contribution in [0.25, 0.3) is 0 Å². The smallest absolute Gasteiger partial charge is 0.0121 e. The van der Waals surface area contributed by atoms with Crippen LogP contribution in [0.2, 0.25) is 0 Å². The molecule has 0 spiro atoms. The van der Waals surface area contributed by atoms with Crippen molar-refractivity contribution in [3.05, 3.63) is 0 Å². The first-order chi connectivity index (χ1) is 3.79. The van der Waals surface area contributed by atoms with Gasteiger partial charge in [-0.3, -0.25) is 4.31 Å². The van der Waals surface area contributed by atoms with Gasteiger partial charge in [-0.1, -0.05) is 19.7 Å². The minimum Gasteiger partial charge on any atom is -0.253 e. The van der Waals surface area contributed by atoms with E-state index in [4.69, 9.17) is 0 Å². The van der Waals surface area contributed by atoms with Crippen molar-refractivity contribution in [3.63, 3.8) is 0 Å². The van der Waals surface area contributed by atoms with Gasteiger partial charge < -0.3 is 0 Å². The first-order valence-corrected chi connectivity index (χ1v) is 3.63. The summed E-state index contributed by atoms with van der Waals surface area (Å²) in [6, 6.07) is 0. The highest BCUT2D eigenvalue weighted by Crippen LogP contribution is 2.51. The average Bonchev–Trinajstić information content (AvgIpc) is 2.29. The number of hydrogen-bond donors (Lipinski definition) is 1. The molecule has 8 heavy (non-hydrogen) atoms. The summed E-state index contributed by atoms with van der Waals surface area (Å²) in [5.41, 5.74) is 0. The van der Waals surface area contributed by atoms with Crippen molar-refractivity contribution in [1.82, 2.24) is 4.31 Å². The number of rotatable bonds is 0. The van der Waals surface area contributed by atoms with E-state index in [9.17, 15) is 0 Å². The Kier molecular flexibility index (Phi) is 0.910. The molecule has 2 fully saturated rings. The highest BCUT2D eigenvalue weighted by atomic mass is 32.1. The fraction of sp³-hybridized carbons (Fsp3) is 1.00. The van der Waals surface area contributed by atoms with Gasteiger partial charge in [0.2, 0.25) is 0 Å². The molecule has 1 saturated heterocycles. The Morgan fingerprint density at radius 1 is 1.38 bits per heavy atom. The van der Waals surface area contributed by atoms with Gasteiger partial charge in [0.15, 0.2) is 0 Å². The van der Waals surface area contributed by atoms with Crippen LogP contribution >= 0.6 is 12.8 Å². The highest BCUT2D eigenvalue weighted by Gasteiger charge is 2.51. The topological polar surface area (TPSA) is 3.24 Å². The average molecular weight is 129 g/mol. The Bertz CT molecular complexity index is 103. The van der Waals surface area contributed by atoms with Crippen LogP contribution in [0, 0.1) is 17.8 Å². The second-order valence-corrected chi connectivity index (χ2v) is 3.62. The van der Waals surface area contributed by atoms with E-state index in [-0.39, 0.29) is 0 Å². The van der Waals surface area contributed by atoms with Gasteiger partial charge in [-0.25, -0.2) is 0 Å². The van der Waals surface area contributed by atoms with Crippen LogP contribution in [-0.2, 0) is 0 Å². The number of hydrogen-bond acceptors (Lipinski definition) is 2. The van der Waals surface area contributed by atoms with E-state index in [1.54, 1.807) is 0 Å². The lowest BCUT2D eigenvalue weighted by Gasteiger charge is -2.07. The van der Waals surface area contributed by atoms with Crippen molar-refractivity contribution in [2.24, 2.45) is 17.8 Å². The molecule has 1 aliphatic carbocycles. The molecule has 2 rings (SSSR count). The molecule has 2 atom stereocenters. The predicted octanol–water partition coefficient (Wildman–Crippen LogP) is 1.03. The number of thiol groups is 1. The monoisotopic (exact) mass is 129 g/mol.